The second kappa shape index (κ2) is 6.08. The summed E-state index contributed by atoms with van der Waals surface area (Å²) >= 11 is 3.21. The zero-order valence-electron chi connectivity index (χ0n) is 5.61. The molecular formula is C6H12BrNO. The van der Waals surface area contributed by atoms with Gasteiger partial charge in [0.05, 0.1) is 0 Å². The Morgan fingerprint density at radius 2 is 2.33 bits per heavy atom. The third kappa shape index (κ3) is 5.83. The zero-order valence-corrected chi connectivity index (χ0v) is 7.20. The highest BCUT2D eigenvalue weighted by molar-refractivity contribution is 9.09. The number of hydrogen-bond acceptors (Lipinski definition) is 1. The van der Waals surface area contributed by atoms with Crippen LogP contribution in [0, 0.1) is 0 Å². The molecule has 2 nitrogen and oxygen atoms in total. The van der Waals surface area contributed by atoms with Gasteiger partial charge in [0.2, 0.25) is 5.91 Å². The Morgan fingerprint density at radius 1 is 1.67 bits per heavy atom. The smallest absolute Gasteiger partial charge is 0.220 e. The predicted molar refractivity (Wildman–Crippen MR) is 41.7 cm³/mol. The van der Waals surface area contributed by atoms with E-state index < -0.39 is 0 Å². The predicted octanol–water partition coefficient (Wildman–Crippen LogP) is 1.30. The van der Waals surface area contributed by atoms with E-state index in [1.54, 1.807) is 0 Å². The lowest BCUT2D eigenvalue weighted by Gasteiger charge is -1.98. The molecule has 0 saturated heterocycles. The minimum Gasteiger partial charge on any atom is -0.355 e. The molecule has 9 heavy (non-hydrogen) atoms. The molecule has 0 heterocycles. The first-order valence-electron chi connectivity index (χ1n) is 3.14. The molecule has 0 radical (unpaired) electrons. The molecule has 0 bridgehead atoms. The number of carbonyl (C=O) groups is 1. The Morgan fingerprint density at radius 3 is 2.78 bits per heavy atom. The van der Waals surface area contributed by atoms with E-state index in [0.29, 0.717) is 6.42 Å². The number of carbonyl (C=O) groups excluding carboxylic acids is 1. The molecular weight excluding hydrogens is 182 g/mol. The number of alkyl halides is 1. The van der Waals surface area contributed by atoms with Gasteiger partial charge in [-0.25, -0.2) is 0 Å². The van der Waals surface area contributed by atoms with Gasteiger partial charge in [0.15, 0.2) is 0 Å². The molecule has 0 aromatic carbocycles. The number of halogens is 1. The highest BCUT2D eigenvalue weighted by atomic mass is 79.9. The Bertz CT molecular complexity index is 85.1. The van der Waals surface area contributed by atoms with Crippen LogP contribution in [0.25, 0.3) is 0 Å². The van der Waals surface area contributed by atoms with Crippen LogP contribution >= 0.6 is 15.9 Å². The maximum absolute atomic E-state index is 10.7. The minimum absolute atomic E-state index is 0.150. The van der Waals surface area contributed by atoms with Crippen LogP contribution in [0.2, 0.25) is 0 Å². The van der Waals surface area contributed by atoms with Crippen molar-refractivity contribution >= 4 is 21.8 Å². The monoisotopic (exact) mass is 193 g/mol. The summed E-state index contributed by atoms with van der Waals surface area (Å²) in [6.45, 7) is 2.73. The van der Waals surface area contributed by atoms with Crippen molar-refractivity contribution in [2.24, 2.45) is 0 Å². The molecule has 0 aliphatic rings. The average Bonchev–Trinajstić information content (AvgIpc) is 1.85. The van der Waals surface area contributed by atoms with Crippen molar-refractivity contribution in [3.05, 3.63) is 0 Å². The topological polar surface area (TPSA) is 29.1 Å². The zero-order chi connectivity index (χ0) is 7.11. The van der Waals surface area contributed by atoms with Crippen molar-refractivity contribution in [2.75, 3.05) is 11.9 Å². The second-order valence-electron chi connectivity index (χ2n) is 1.79. The van der Waals surface area contributed by atoms with Crippen LogP contribution in [0.3, 0.4) is 0 Å². The van der Waals surface area contributed by atoms with Crippen LogP contribution in [0.4, 0.5) is 0 Å². The summed E-state index contributed by atoms with van der Waals surface area (Å²) in [4.78, 5) is 10.7. The van der Waals surface area contributed by atoms with Gasteiger partial charge in [0.25, 0.3) is 0 Å². The van der Waals surface area contributed by atoms with E-state index >= 15 is 0 Å². The van der Waals surface area contributed by atoms with Gasteiger partial charge in [0, 0.05) is 18.3 Å². The van der Waals surface area contributed by atoms with Crippen LogP contribution in [0.5, 0.6) is 0 Å². The minimum atomic E-state index is 0.150. The first-order valence-corrected chi connectivity index (χ1v) is 4.26. The van der Waals surface area contributed by atoms with E-state index in [-0.39, 0.29) is 5.91 Å². The van der Waals surface area contributed by atoms with E-state index in [1.807, 2.05) is 6.92 Å². The largest absolute Gasteiger partial charge is 0.355 e. The standard InChI is InChI=1S/C6H12BrNO/c1-2-3-6(9)8-5-4-7/h2-5H2,1H3,(H,8,9). The molecule has 0 aromatic heterocycles. The van der Waals surface area contributed by atoms with Crippen molar-refractivity contribution < 1.29 is 4.79 Å². The van der Waals surface area contributed by atoms with Crippen LogP contribution in [-0.4, -0.2) is 17.8 Å². The molecule has 54 valence electrons. The van der Waals surface area contributed by atoms with Crippen molar-refractivity contribution in [1.29, 1.82) is 0 Å². The van der Waals surface area contributed by atoms with Gasteiger partial charge in [-0.1, -0.05) is 22.9 Å². The van der Waals surface area contributed by atoms with E-state index in [4.69, 9.17) is 0 Å². The number of rotatable bonds is 4. The quantitative estimate of drug-likeness (QED) is 0.671. The van der Waals surface area contributed by atoms with Crippen molar-refractivity contribution in [3.63, 3.8) is 0 Å². The maximum Gasteiger partial charge on any atom is 0.220 e. The molecule has 0 aliphatic carbocycles. The van der Waals surface area contributed by atoms with Crippen molar-refractivity contribution in [2.45, 2.75) is 19.8 Å². The van der Waals surface area contributed by atoms with Crippen LogP contribution in [-0.2, 0) is 4.79 Å². The first kappa shape index (κ1) is 8.95. The lowest BCUT2D eigenvalue weighted by molar-refractivity contribution is -0.120. The molecule has 1 N–H and O–H groups in total. The van der Waals surface area contributed by atoms with Crippen molar-refractivity contribution in [1.82, 2.24) is 5.32 Å². The van der Waals surface area contributed by atoms with Gasteiger partial charge in [-0.2, -0.15) is 0 Å². The second-order valence-corrected chi connectivity index (χ2v) is 2.58. The Balaban J connectivity index is 3.06. The summed E-state index contributed by atoms with van der Waals surface area (Å²) in [6, 6.07) is 0. The van der Waals surface area contributed by atoms with Gasteiger partial charge in [-0.05, 0) is 6.42 Å². The molecule has 0 rings (SSSR count). The molecule has 0 unspecified atom stereocenters. The van der Waals surface area contributed by atoms with Crippen LogP contribution < -0.4 is 5.32 Å². The summed E-state index contributed by atoms with van der Waals surface area (Å²) in [7, 11) is 0. The lowest BCUT2D eigenvalue weighted by atomic mass is 10.3. The van der Waals surface area contributed by atoms with Crippen molar-refractivity contribution in [3.8, 4) is 0 Å². The van der Waals surface area contributed by atoms with Crippen LogP contribution in [0.1, 0.15) is 19.8 Å². The summed E-state index contributed by atoms with van der Waals surface area (Å²) in [5.74, 6) is 0.150. The number of hydrogen-bond donors (Lipinski definition) is 1. The lowest BCUT2D eigenvalue weighted by Crippen LogP contribution is -2.24. The van der Waals surface area contributed by atoms with Crippen LogP contribution in [0.15, 0.2) is 0 Å². The SMILES string of the molecule is CCCC(=O)NCCBr. The summed E-state index contributed by atoms with van der Waals surface area (Å²) in [6.07, 6.45) is 1.57. The Hall–Kier alpha value is -0.0500. The highest BCUT2D eigenvalue weighted by Crippen LogP contribution is 1.85. The van der Waals surface area contributed by atoms with Gasteiger partial charge in [0.1, 0.15) is 0 Å². The molecule has 0 spiro atoms. The molecule has 1 amide bonds. The summed E-state index contributed by atoms with van der Waals surface area (Å²) in [5.41, 5.74) is 0. The Labute approximate surface area is 64.1 Å². The average molecular weight is 194 g/mol. The number of amides is 1. The summed E-state index contributed by atoms with van der Waals surface area (Å²) in [5, 5.41) is 3.58. The third-order valence-electron chi connectivity index (χ3n) is 0.894. The van der Waals surface area contributed by atoms with Gasteiger partial charge < -0.3 is 5.32 Å². The summed E-state index contributed by atoms with van der Waals surface area (Å²) < 4.78 is 0. The molecule has 0 aliphatic heterocycles. The van der Waals surface area contributed by atoms with E-state index in [1.165, 1.54) is 0 Å². The highest BCUT2D eigenvalue weighted by Gasteiger charge is 1.94. The fourth-order valence-electron chi connectivity index (χ4n) is 0.502. The number of nitrogens with one attached hydrogen (secondary N) is 1. The molecule has 0 saturated carbocycles. The fraction of sp³-hybridized carbons (Fsp3) is 0.833. The van der Waals surface area contributed by atoms with E-state index in [9.17, 15) is 4.79 Å². The first-order chi connectivity index (χ1) is 4.31. The Kier molecular flexibility index (Phi) is 6.04. The van der Waals surface area contributed by atoms with Gasteiger partial charge in [-0.3, -0.25) is 4.79 Å². The normalized spacial score (nSPS) is 9.11. The van der Waals surface area contributed by atoms with E-state index in [0.717, 1.165) is 18.3 Å². The fourth-order valence-corrected chi connectivity index (χ4v) is 0.700. The maximum atomic E-state index is 10.7. The van der Waals surface area contributed by atoms with Gasteiger partial charge >= 0.3 is 0 Å². The molecule has 0 fully saturated rings. The molecule has 0 aromatic rings. The van der Waals surface area contributed by atoms with Gasteiger partial charge in [-0.15, -0.1) is 0 Å². The van der Waals surface area contributed by atoms with E-state index in [2.05, 4.69) is 21.2 Å². The molecule has 0 atom stereocenters. The molecule has 3 heteroatoms. The third-order valence-corrected chi connectivity index (χ3v) is 1.29.